The fourth-order valence-electron chi connectivity index (χ4n) is 3.12. The molecule has 0 unspecified atom stereocenters. The van der Waals surface area contributed by atoms with E-state index in [2.05, 4.69) is 10.3 Å². The highest BCUT2D eigenvalue weighted by Gasteiger charge is 2.19. The van der Waals surface area contributed by atoms with Gasteiger partial charge in [-0.1, -0.05) is 12.1 Å². The number of carbonyl (C=O) groups excluding carboxylic acids is 1. The van der Waals surface area contributed by atoms with Gasteiger partial charge in [0.25, 0.3) is 0 Å². The largest absolute Gasteiger partial charge is 0.494 e. The van der Waals surface area contributed by atoms with Crippen LogP contribution in [0.15, 0.2) is 42.6 Å². The molecule has 1 aromatic heterocycles. The van der Waals surface area contributed by atoms with Crippen molar-refractivity contribution in [2.24, 2.45) is 0 Å². The summed E-state index contributed by atoms with van der Waals surface area (Å²) in [7, 11) is 1.59. The van der Waals surface area contributed by atoms with E-state index >= 15 is 0 Å². The van der Waals surface area contributed by atoms with Gasteiger partial charge in [-0.25, -0.2) is 4.79 Å². The molecule has 0 spiro atoms. The molecule has 2 aromatic carbocycles. The first-order valence-corrected chi connectivity index (χ1v) is 9.00. The SMILES string of the molecule is CCOC(=O)c1cnc2c(OC)cccc2c1Nc1ccc2c(c1)OCCO2. The number of aromatic nitrogens is 1. The fourth-order valence-corrected chi connectivity index (χ4v) is 3.12. The fraction of sp³-hybridized carbons (Fsp3) is 0.238. The third kappa shape index (κ3) is 3.26. The summed E-state index contributed by atoms with van der Waals surface area (Å²) in [6.45, 7) is 3.07. The second-order valence-corrected chi connectivity index (χ2v) is 6.11. The van der Waals surface area contributed by atoms with Crippen molar-refractivity contribution in [2.75, 3.05) is 32.2 Å². The van der Waals surface area contributed by atoms with Gasteiger partial charge in [-0.05, 0) is 25.1 Å². The number of anilines is 2. The van der Waals surface area contributed by atoms with E-state index in [0.29, 0.717) is 47.2 Å². The number of rotatable bonds is 5. The molecule has 3 aromatic rings. The lowest BCUT2D eigenvalue weighted by Gasteiger charge is -2.20. The molecule has 1 aliphatic heterocycles. The number of fused-ring (bicyclic) bond motifs is 2. The van der Waals surface area contributed by atoms with Gasteiger partial charge in [0.2, 0.25) is 0 Å². The maximum atomic E-state index is 12.5. The topological polar surface area (TPSA) is 78.9 Å². The lowest BCUT2D eigenvalue weighted by molar-refractivity contribution is 0.0527. The molecule has 144 valence electrons. The van der Waals surface area contributed by atoms with Gasteiger partial charge in [0.1, 0.15) is 30.0 Å². The quantitative estimate of drug-likeness (QED) is 0.672. The van der Waals surface area contributed by atoms with Crippen LogP contribution in [0.25, 0.3) is 10.9 Å². The highest BCUT2D eigenvalue weighted by Crippen LogP contribution is 2.37. The molecule has 4 rings (SSSR count). The zero-order valence-corrected chi connectivity index (χ0v) is 15.7. The second kappa shape index (κ2) is 7.64. The Hall–Kier alpha value is -3.48. The van der Waals surface area contributed by atoms with Gasteiger partial charge in [0.05, 0.1) is 19.4 Å². The molecule has 0 radical (unpaired) electrons. The van der Waals surface area contributed by atoms with Crippen LogP contribution >= 0.6 is 0 Å². The summed E-state index contributed by atoms with van der Waals surface area (Å²) in [4.78, 5) is 16.9. The van der Waals surface area contributed by atoms with Gasteiger partial charge in [0.15, 0.2) is 11.5 Å². The van der Waals surface area contributed by atoms with Crippen LogP contribution < -0.4 is 19.5 Å². The standard InChI is InChI=1S/C21H20N2O5/c1-3-26-21(24)15-12-22-20-14(5-4-6-17(20)25-2)19(15)23-13-7-8-16-18(11-13)28-10-9-27-16/h4-8,11-12H,3,9-10H2,1-2H3,(H,22,23). The first-order chi connectivity index (χ1) is 13.7. The number of ether oxygens (including phenoxy) is 4. The zero-order chi connectivity index (χ0) is 19.5. The van der Waals surface area contributed by atoms with E-state index in [1.807, 2.05) is 36.4 Å². The number of benzene rings is 2. The van der Waals surface area contributed by atoms with Crippen molar-refractivity contribution in [1.82, 2.24) is 4.98 Å². The predicted octanol–water partition coefficient (Wildman–Crippen LogP) is 3.93. The third-order valence-corrected chi connectivity index (χ3v) is 4.39. The molecule has 0 atom stereocenters. The van der Waals surface area contributed by atoms with Gasteiger partial charge in [0, 0.05) is 23.3 Å². The first kappa shape index (κ1) is 17.9. The van der Waals surface area contributed by atoms with Crippen LogP contribution in [0.2, 0.25) is 0 Å². The number of carbonyl (C=O) groups is 1. The Morgan fingerprint density at radius 3 is 2.79 bits per heavy atom. The zero-order valence-electron chi connectivity index (χ0n) is 15.7. The van der Waals surface area contributed by atoms with Crippen LogP contribution in [0.3, 0.4) is 0 Å². The van der Waals surface area contributed by atoms with E-state index in [-0.39, 0.29) is 6.61 Å². The Morgan fingerprint density at radius 1 is 1.18 bits per heavy atom. The van der Waals surface area contributed by atoms with E-state index in [9.17, 15) is 4.79 Å². The third-order valence-electron chi connectivity index (χ3n) is 4.39. The highest BCUT2D eigenvalue weighted by molar-refractivity contribution is 6.07. The number of nitrogens with one attached hydrogen (secondary N) is 1. The summed E-state index contributed by atoms with van der Waals surface area (Å²) in [6.07, 6.45) is 1.50. The summed E-state index contributed by atoms with van der Waals surface area (Å²) < 4.78 is 21.8. The van der Waals surface area contributed by atoms with Gasteiger partial charge < -0.3 is 24.3 Å². The number of hydrogen-bond donors (Lipinski definition) is 1. The Kier molecular flexibility index (Phi) is 4.89. The maximum Gasteiger partial charge on any atom is 0.341 e. The number of methoxy groups -OCH3 is 1. The number of nitrogens with zero attached hydrogens (tertiary/aromatic N) is 1. The molecule has 7 nitrogen and oxygen atoms in total. The Morgan fingerprint density at radius 2 is 2.00 bits per heavy atom. The molecule has 0 saturated carbocycles. The molecule has 1 aliphatic rings. The Balaban J connectivity index is 1.83. The lowest BCUT2D eigenvalue weighted by atomic mass is 10.1. The summed E-state index contributed by atoms with van der Waals surface area (Å²) in [5.41, 5.74) is 2.35. The number of para-hydroxylation sites is 1. The van der Waals surface area contributed by atoms with Crippen molar-refractivity contribution in [2.45, 2.75) is 6.92 Å². The Bertz CT molecular complexity index is 1030. The van der Waals surface area contributed by atoms with Crippen molar-refractivity contribution in [3.8, 4) is 17.2 Å². The predicted molar refractivity (Wildman–Crippen MR) is 105 cm³/mol. The molecular weight excluding hydrogens is 360 g/mol. The second-order valence-electron chi connectivity index (χ2n) is 6.11. The van der Waals surface area contributed by atoms with Crippen LogP contribution in [0.4, 0.5) is 11.4 Å². The van der Waals surface area contributed by atoms with E-state index in [1.54, 1.807) is 14.0 Å². The van der Waals surface area contributed by atoms with Crippen molar-refractivity contribution in [3.63, 3.8) is 0 Å². The van der Waals surface area contributed by atoms with Crippen LogP contribution in [0.5, 0.6) is 17.2 Å². The van der Waals surface area contributed by atoms with Crippen LogP contribution in [-0.4, -0.2) is 37.9 Å². The molecule has 0 saturated heterocycles. The normalized spacial score (nSPS) is 12.5. The summed E-state index contributed by atoms with van der Waals surface area (Å²) >= 11 is 0. The van der Waals surface area contributed by atoms with Crippen LogP contribution in [0.1, 0.15) is 17.3 Å². The summed E-state index contributed by atoms with van der Waals surface area (Å²) in [5.74, 6) is 1.53. The molecule has 0 bridgehead atoms. The highest BCUT2D eigenvalue weighted by atomic mass is 16.6. The monoisotopic (exact) mass is 380 g/mol. The van der Waals surface area contributed by atoms with E-state index in [0.717, 1.165) is 11.1 Å². The molecule has 7 heteroatoms. The average molecular weight is 380 g/mol. The number of hydrogen-bond acceptors (Lipinski definition) is 7. The minimum atomic E-state index is -0.445. The average Bonchev–Trinajstić information content (AvgIpc) is 2.73. The number of pyridine rings is 1. The molecule has 28 heavy (non-hydrogen) atoms. The van der Waals surface area contributed by atoms with Gasteiger partial charge in [-0.3, -0.25) is 4.98 Å². The molecule has 0 aliphatic carbocycles. The molecule has 0 amide bonds. The molecule has 1 N–H and O–H groups in total. The van der Waals surface area contributed by atoms with Crippen molar-refractivity contribution in [3.05, 3.63) is 48.2 Å². The van der Waals surface area contributed by atoms with Gasteiger partial charge >= 0.3 is 5.97 Å². The van der Waals surface area contributed by atoms with E-state index in [4.69, 9.17) is 18.9 Å². The minimum Gasteiger partial charge on any atom is -0.494 e. The minimum absolute atomic E-state index is 0.276. The van der Waals surface area contributed by atoms with Gasteiger partial charge in [-0.2, -0.15) is 0 Å². The Labute approximate surface area is 162 Å². The first-order valence-electron chi connectivity index (χ1n) is 9.00. The van der Waals surface area contributed by atoms with Crippen molar-refractivity contribution < 1.29 is 23.7 Å². The van der Waals surface area contributed by atoms with Crippen LogP contribution in [-0.2, 0) is 4.74 Å². The van der Waals surface area contributed by atoms with Crippen molar-refractivity contribution in [1.29, 1.82) is 0 Å². The summed E-state index contributed by atoms with van der Waals surface area (Å²) in [6, 6.07) is 11.1. The molecule has 2 heterocycles. The molecule has 0 fully saturated rings. The summed E-state index contributed by atoms with van der Waals surface area (Å²) in [5, 5.41) is 4.07. The molecular formula is C21H20N2O5. The van der Waals surface area contributed by atoms with E-state index in [1.165, 1.54) is 6.20 Å². The lowest BCUT2D eigenvalue weighted by Crippen LogP contribution is -2.15. The maximum absolute atomic E-state index is 12.5. The van der Waals surface area contributed by atoms with Gasteiger partial charge in [-0.15, -0.1) is 0 Å². The smallest absolute Gasteiger partial charge is 0.341 e. The van der Waals surface area contributed by atoms with E-state index < -0.39 is 5.97 Å². The van der Waals surface area contributed by atoms with Crippen LogP contribution in [0, 0.1) is 0 Å². The van der Waals surface area contributed by atoms with Crippen molar-refractivity contribution >= 4 is 28.2 Å². The number of esters is 1.